The Kier molecular flexibility index (Phi) is 17.7. The molecule has 0 radical (unpaired) electrons. The summed E-state index contributed by atoms with van der Waals surface area (Å²) in [6.45, 7) is 9.17. The van der Waals surface area contributed by atoms with Crippen molar-refractivity contribution in [2.45, 2.75) is 6.18 Å². The minimum Gasteiger partial charge on any atom is -0.310 e. The monoisotopic (exact) mass is 1530 g/mol. The molecule has 6 heterocycles. The molecular formula is C99H57F3N16. The molecular weight excluding hydrogens is 1470 g/mol. The van der Waals surface area contributed by atoms with Crippen molar-refractivity contribution in [3.05, 3.63) is 368 Å². The fourth-order valence-corrected chi connectivity index (χ4v) is 15.2. The molecule has 0 aliphatic heterocycles. The highest BCUT2D eigenvalue weighted by Crippen LogP contribution is 2.48. The highest BCUT2D eigenvalue weighted by molar-refractivity contribution is 6.15. The Bertz CT molecular complexity index is 6420. The summed E-state index contributed by atoms with van der Waals surface area (Å²) in [5.74, 6) is 5.06. The van der Waals surface area contributed by atoms with E-state index in [1.807, 2.05) is 325 Å². The van der Waals surface area contributed by atoms with Crippen molar-refractivity contribution < 1.29 is 13.2 Å². The van der Waals surface area contributed by atoms with Gasteiger partial charge in [0.05, 0.1) is 45.8 Å². The number of alkyl halides is 3. The maximum absolute atomic E-state index is 15.3. The molecule has 0 saturated heterocycles. The number of aromatic nitrogens is 14. The molecule has 16 nitrogen and oxygen atoms in total. The maximum Gasteiger partial charge on any atom is 0.416 e. The molecule has 0 saturated carbocycles. The van der Waals surface area contributed by atoms with E-state index in [0.29, 0.717) is 153 Å². The van der Waals surface area contributed by atoms with E-state index in [9.17, 15) is 11.8 Å². The van der Waals surface area contributed by atoms with Crippen LogP contribution in [0.15, 0.2) is 346 Å². The summed E-state index contributed by atoms with van der Waals surface area (Å²) in [4.78, 5) is 65.9. The van der Waals surface area contributed by atoms with Crippen LogP contribution in [0.25, 0.3) is 208 Å². The van der Waals surface area contributed by atoms with Crippen LogP contribution >= 0.6 is 0 Å². The van der Waals surface area contributed by atoms with E-state index in [1.165, 1.54) is 6.07 Å². The lowest BCUT2D eigenvalue weighted by molar-refractivity contribution is -0.137. The number of hydrogen-bond donors (Lipinski definition) is 0. The van der Waals surface area contributed by atoms with Crippen LogP contribution in [0, 0.1) is 17.9 Å². The third-order valence-corrected chi connectivity index (χ3v) is 20.8. The van der Waals surface area contributed by atoms with Crippen molar-refractivity contribution in [3.8, 4) is 165 Å². The van der Waals surface area contributed by atoms with Gasteiger partial charge in [-0.15, -0.1) is 0 Å². The second-order valence-electron chi connectivity index (χ2n) is 28.1. The standard InChI is InChI=1S/C99H57F3N16/c1-104-74-57-84(117-80-48-42-68(95-109-87(60-26-10-2-11-27-60)105-88(110-95)61-28-12-3-13-29-61)53-76(80)77-54-69(43-49-81(77)117)96-111-89(62-30-14-4-15-31-62)106-90(112-96)63-32-16-5-17-33-63)86(75-47-46-73(99(100,101)102)52-72(75)59-103)85(58-74)118-82-50-44-70(97-113-91(64-34-18-6-19-35-64)107-92(114-97)65-36-20-7-21-37-65)55-78(82)79-56-71(45-51-83(79)118)98-115-93(66-38-22-8-23-39-66)108-94(116-98)67-40-24-9-25-41-67/h2-58H. The van der Waals surface area contributed by atoms with Crippen molar-refractivity contribution in [1.82, 2.24) is 68.9 Å². The van der Waals surface area contributed by atoms with Crippen molar-refractivity contribution in [1.29, 1.82) is 5.26 Å². The molecule has 19 heteroatoms. The summed E-state index contributed by atoms with van der Waals surface area (Å²) in [6, 6.07) is 110. The van der Waals surface area contributed by atoms with Crippen molar-refractivity contribution >= 4 is 49.3 Å². The highest BCUT2D eigenvalue weighted by Gasteiger charge is 2.33. The fraction of sp³-hybridized carbons (Fsp3) is 0.0101. The third kappa shape index (κ3) is 13.2. The Morgan fingerprint density at radius 3 is 0.686 bits per heavy atom. The third-order valence-electron chi connectivity index (χ3n) is 20.8. The molecule has 118 heavy (non-hydrogen) atoms. The molecule has 0 bridgehead atoms. The summed E-state index contributed by atoms with van der Waals surface area (Å²) in [5, 5.41) is 14.3. The molecule has 0 unspecified atom stereocenters. The zero-order valence-corrected chi connectivity index (χ0v) is 62.2. The van der Waals surface area contributed by atoms with Gasteiger partial charge < -0.3 is 9.13 Å². The average molecular weight is 1530 g/mol. The second kappa shape index (κ2) is 29.5. The Balaban J connectivity index is 0.881. The molecule has 6 aromatic heterocycles. The van der Waals surface area contributed by atoms with Crippen molar-refractivity contribution in [3.63, 3.8) is 0 Å². The lowest BCUT2D eigenvalue weighted by Gasteiger charge is -2.22. The molecule has 0 spiro atoms. The molecule has 0 amide bonds. The van der Waals surface area contributed by atoms with Gasteiger partial charge in [-0.1, -0.05) is 249 Å². The SMILES string of the molecule is [C-]#[N+]c1cc(-n2c3ccc(-c4nc(-c5ccccc5)nc(-c5ccccc5)n4)cc3c3cc(-c4nc(-c5ccccc5)nc(-c5ccccc5)n4)ccc32)c(-c2ccc(C(F)(F)F)cc2C#N)c(-n2c3ccc(-c4nc(-c5ccccc5)nc(-c5ccccc5)n4)cc3c3cc(-c4nc(-c5ccccc5)nc(-c5ccccc5)n4)ccc32)c1. The zero-order chi connectivity index (χ0) is 79.4. The number of benzene rings is 14. The topological polar surface area (TPSA) is 193 Å². The summed E-state index contributed by atoms with van der Waals surface area (Å²) in [7, 11) is 0. The summed E-state index contributed by atoms with van der Waals surface area (Å²) >= 11 is 0. The van der Waals surface area contributed by atoms with E-state index in [-0.39, 0.29) is 16.8 Å². The van der Waals surface area contributed by atoms with Crippen LogP contribution in [-0.4, -0.2) is 68.9 Å². The first kappa shape index (κ1) is 70.6. The first-order valence-corrected chi connectivity index (χ1v) is 37.8. The second-order valence-corrected chi connectivity index (χ2v) is 28.1. The van der Waals surface area contributed by atoms with Gasteiger partial charge in [0.2, 0.25) is 0 Å². The first-order chi connectivity index (χ1) is 58.0. The normalized spacial score (nSPS) is 11.5. The predicted octanol–water partition coefficient (Wildman–Crippen LogP) is 23.7. The lowest BCUT2D eigenvalue weighted by atomic mass is 9.94. The zero-order valence-electron chi connectivity index (χ0n) is 62.2. The molecule has 0 aliphatic carbocycles. The van der Waals surface area contributed by atoms with E-state index in [4.69, 9.17) is 59.8 Å². The molecule has 0 fully saturated rings. The summed E-state index contributed by atoms with van der Waals surface area (Å²) in [5.41, 5.74) is 11.1. The molecule has 554 valence electrons. The van der Waals surface area contributed by atoms with Gasteiger partial charge in [-0.25, -0.2) is 64.7 Å². The largest absolute Gasteiger partial charge is 0.416 e. The number of rotatable bonds is 15. The van der Waals surface area contributed by atoms with Crippen LogP contribution in [0.5, 0.6) is 0 Å². The van der Waals surface area contributed by atoms with Crippen LogP contribution < -0.4 is 0 Å². The molecule has 0 atom stereocenters. The quantitative estimate of drug-likeness (QED) is 0.0881. The minimum atomic E-state index is -4.84. The van der Waals surface area contributed by atoms with Crippen LogP contribution in [0.1, 0.15) is 11.1 Å². The van der Waals surface area contributed by atoms with Gasteiger partial charge >= 0.3 is 6.18 Å². The maximum atomic E-state index is 15.3. The lowest BCUT2D eigenvalue weighted by Crippen LogP contribution is -2.08. The Morgan fingerprint density at radius 2 is 0.483 bits per heavy atom. The van der Waals surface area contributed by atoms with E-state index in [2.05, 4.69) is 10.9 Å². The predicted molar refractivity (Wildman–Crippen MR) is 455 cm³/mol. The first-order valence-electron chi connectivity index (χ1n) is 37.8. The molecule has 0 N–H and O–H groups in total. The van der Waals surface area contributed by atoms with Gasteiger partial charge in [0.25, 0.3) is 0 Å². The molecule has 20 rings (SSSR count). The Labute approximate surface area is 672 Å². The molecule has 20 aromatic rings. The molecule has 14 aromatic carbocycles. The van der Waals surface area contributed by atoms with Crippen LogP contribution in [0.4, 0.5) is 18.9 Å². The van der Waals surface area contributed by atoms with E-state index in [1.54, 1.807) is 12.1 Å². The van der Waals surface area contributed by atoms with Gasteiger partial charge in [0.15, 0.2) is 75.6 Å². The summed E-state index contributed by atoms with van der Waals surface area (Å²) in [6.07, 6.45) is -4.84. The number of nitrogens with zero attached hydrogens (tertiary/aromatic N) is 16. The van der Waals surface area contributed by atoms with E-state index >= 15 is 13.2 Å². The smallest absolute Gasteiger partial charge is 0.310 e. The fourth-order valence-electron chi connectivity index (χ4n) is 15.2. The van der Waals surface area contributed by atoms with Gasteiger partial charge in [0.1, 0.15) is 0 Å². The average Bonchev–Trinajstić information content (AvgIpc) is 1.52. The summed E-state index contributed by atoms with van der Waals surface area (Å²) < 4.78 is 50.0. The Hall–Kier alpha value is -16.5. The highest BCUT2D eigenvalue weighted by atomic mass is 19.4. The Morgan fingerprint density at radius 1 is 0.263 bits per heavy atom. The van der Waals surface area contributed by atoms with Gasteiger partial charge in [-0.05, 0) is 97.1 Å². The number of hydrogen-bond acceptors (Lipinski definition) is 13. The van der Waals surface area contributed by atoms with Gasteiger partial charge in [0, 0.05) is 111 Å². The number of fused-ring (bicyclic) bond motifs is 6. The number of nitriles is 1. The number of halogens is 3. The minimum absolute atomic E-state index is 0.141. The van der Waals surface area contributed by atoms with Crippen molar-refractivity contribution in [2.75, 3.05) is 0 Å². The van der Waals surface area contributed by atoms with Crippen LogP contribution in [0.2, 0.25) is 0 Å². The van der Waals surface area contributed by atoms with Crippen LogP contribution in [-0.2, 0) is 6.18 Å². The van der Waals surface area contributed by atoms with Crippen LogP contribution in [0.3, 0.4) is 0 Å². The van der Waals surface area contributed by atoms with Crippen molar-refractivity contribution in [2.24, 2.45) is 0 Å². The molecule has 0 aliphatic rings. The van der Waals surface area contributed by atoms with Gasteiger partial charge in [-0.2, -0.15) is 18.4 Å². The van der Waals surface area contributed by atoms with Gasteiger partial charge in [-0.3, -0.25) is 0 Å². The van der Waals surface area contributed by atoms with E-state index in [0.717, 1.165) is 56.6 Å². The van der Waals surface area contributed by atoms with E-state index < -0.39 is 11.7 Å².